The number of halogens is 6. The number of aryl methyl sites for hydroxylation is 1. The van der Waals surface area contributed by atoms with Crippen molar-refractivity contribution in [3.8, 4) is 6.07 Å². The van der Waals surface area contributed by atoms with Gasteiger partial charge >= 0.3 is 24.1 Å². The van der Waals surface area contributed by atoms with Gasteiger partial charge < -0.3 is 10.1 Å². The minimum Gasteiger partial charge on any atom is -0.450 e. The van der Waals surface area contributed by atoms with Gasteiger partial charge in [0.05, 0.1) is 12.2 Å². The van der Waals surface area contributed by atoms with E-state index in [1.165, 1.54) is 12.2 Å². The third kappa shape index (κ3) is 3.92. The number of carbonyl (C=O) groups excluding carboxylic acids is 1. The van der Waals surface area contributed by atoms with Crippen molar-refractivity contribution in [1.29, 1.82) is 5.26 Å². The van der Waals surface area contributed by atoms with Gasteiger partial charge in [-0.2, -0.15) is 31.6 Å². The number of fused-ring (bicyclic) bond motifs is 1. The van der Waals surface area contributed by atoms with E-state index in [9.17, 15) is 36.4 Å². The summed E-state index contributed by atoms with van der Waals surface area (Å²) in [6, 6.07) is 1.68. The van der Waals surface area contributed by atoms with E-state index in [2.05, 4.69) is 4.74 Å². The minimum absolute atomic E-state index is 0.266. The first-order chi connectivity index (χ1) is 12.5. The van der Waals surface area contributed by atoms with Crippen molar-refractivity contribution in [3.63, 3.8) is 0 Å². The first kappa shape index (κ1) is 21.1. The molecular formula is C15H15F6N3O2S. The Morgan fingerprint density at radius 1 is 1.19 bits per heavy atom. The van der Waals surface area contributed by atoms with E-state index in [0.717, 1.165) is 11.7 Å². The molecule has 1 heterocycles. The van der Waals surface area contributed by atoms with Crippen LogP contribution in [0.15, 0.2) is 0 Å². The number of alkyl carbamates (subject to hydrolysis) is 1. The third-order valence-electron chi connectivity index (χ3n) is 4.00. The van der Waals surface area contributed by atoms with Crippen LogP contribution in [-0.2, 0) is 17.6 Å². The second-order valence-corrected chi connectivity index (χ2v) is 6.85. The van der Waals surface area contributed by atoms with Crippen LogP contribution in [0.3, 0.4) is 0 Å². The number of nitriles is 1. The van der Waals surface area contributed by atoms with Crippen LogP contribution in [0.1, 0.15) is 35.8 Å². The summed E-state index contributed by atoms with van der Waals surface area (Å²) in [5.74, 6) is 0. The van der Waals surface area contributed by atoms with E-state index in [1.807, 2.05) is 0 Å². The Kier molecular flexibility index (Phi) is 5.84. The molecule has 1 aliphatic rings. The summed E-state index contributed by atoms with van der Waals surface area (Å²) in [6.07, 6.45) is -11.5. The van der Waals surface area contributed by atoms with Gasteiger partial charge in [0.1, 0.15) is 11.1 Å². The molecule has 0 atom stereocenters. The van der Waals surface area contributed by atoms with Gasteiger partial charge in [-0.05, 0) is 38.2 Å². The summed E-state index contributed by atoms with van der Waals surface area (Å²) >= 11 is 0.660. The molecule has 0 radical (unpaired) electrons. The summed E-state index contributed by atoms with van der Waals surface area (Å²) in [5.41, 5.74) is -4.62. The molecule has 1 amide bonds. The molecule has 1 aliphatic carbocycles. The maximum absolute atomic E-state index is 13.5. The second kappa shape index (κ2) is 7.46. The number of amides is 1. The zero-order valence-electron chi connectivity index (χ0n) is 14.0. The first-order valence-corrected chi connectivity index (χ1v) is 8.69. The summed E-state index contributed by atoms with van der Waals surface area (Å²) < 4.78 is 85.5. The van der Waals surface area contributed by atoms with Crippen molar-refractivity contribution < 1.29 is 35.9 Å². The van der Waals surface area contributed by atoms with Crippen LogP contribution in [-0.4, -0.2) is 30.7 Å². The summed E-state index contributed by atoms with van der Waals surface area (Å²) in [7, 11) is 0. The molecule has 0 unspecified atom stereocenters. The number of nitrogens with zero attached hydrogens (tertiary/aromatic N) is 1. The number of thiophene rings is 1. The number of alkyl halides is 6. The van der Waals surface area contributed by atoms with E-state index >= 15 is 0 Å². The average Bonchev–Trinajstić information content (AvgIpc) is 2.89. The van der Waals surface area contributed by atoms with Crippen LogP contribution in [0.5, 0.6) is 0 Å². The van der Waals surface area contributed by atoms with Gasteiger partial charge in [0, 0.05) is 4.88 Å². The van der Waals surface area contributed by atoms with Gasteiger partial charge in [-0.25, -0.2) is 4.79 Å². The highest BCUT2D eigenvalue weighted by atomic mass is 32.1. The molecule has 0 fully saturated rings. The Labute approximate surface area is 154 Å². The van der Waals surface area contributed by atoms with Crippen LogP contribution >= 0.6 is 11.3 Å². The third-order valence-corrected chi connectivity index (χ3v) is 5.21. The topological polar surface area (TPSA) is 74.2 Å². The predicted octanol–water partition coefficient (Wildman–Crippen LogP) is 4.48. The lowest BCUT2D eigenvalue weighted by Crippen LogP contribution is -2.72. The smallest absolute Gasteiger partial charge is 0.439 e. The molecule has 2 N–H and O–H groups in total. The SMILES string of the molecule is CCOC(=O)NC(Nc1sc2c(c1C#N)CCCC2)(C(F)(F)F)C(F)(F)F. The zero-order valence-corrected chi connectivity index (χ0v) is 14.8. The Balaban J connectivity index is 2.57. The van der Waals surface area contributed by atoms with Crippen LogP contribution in [0.4, 0.5) is 36.1 Å². The molecule has 2 rings (SSSR count). The van der Waals surface area contributed by atoms with Crippen molar-refractivity contribution in [2.75, 3.05) is 11.9 Å². The molecule has 0 spiro atoms. The van der Waals surface area contributed by atoms with Crippen LogP contribution in [0, 0.1) is 11.3 Å². The Morgan fingerprint density at radius 2 is 1.78 bits per heavy atom. The molecule has 0 bridgehead atoms. The molecule has 27 heavy (non-hydrogen) atoms. The van der Waals surface area contributed by atoms with E-state index in [4.69, 9.17) is 0 Å². The Hall–Kier alpha value is -2.16. The van der Waals surface area contributed by atoms with Gasteiger partial charge in [0.2, 0.25) is 0 Å². The maximum atomic E-state index is 13.5. The van der Waals surface area contributed by atoms with E-state index < -0.39 is 35.7 Å². The Bertz CT molecular complexity index is 736. The van der Waals surface area contributed by atoms with E-state index in [1.54, 1.807) is 6.07 Å². The van der Waals surface area contributed by atoms with Crippen molar-refractivity contribution in [1.82, 2.24) is 5.32 Å². The highest BCUT2D eigenvalue weighted by Gasteiger charge is 2.73. The summed E-state index contributed by atoms with van der Waals surface area (Å²) in [6.45, 7) is 0.811. The van der Waals surface area contributed by atoms with Crippen LogP contribution in [0.2, 0.25) is 0 Å². The van der Waals surface area contributed by atoms with E-state index in [0.29, 0.717) is 41.0 Å². The number of anilines is 1. The van der Waals surface area contributed by atoms with Crippen LogP contribution < -0.4 is 10.6 Å². The van der Waals surface area contributed by atoms with Gasteiger partial charge in [0.15, 0.2) is 0 Å². The largest absolute Gasteiger partial charge is 0.450 e. The molecule has 0 saturated heterocycles. The lowest BCUT2D eigenvalue weighted by Gasteiger charge is -2.38. The number of carbonyl (C=O) groups is 1. The fourth-order valence-electron chi connectivity index (χ4n) is 2.74. The number of hydrogen-bond donors (Lipinski definition) is 2. The van der Waals surface area contributed by atoms with Gasteiger partial charge in [0.25, 0.3) is 0 Å². The van der Waals surface area contributed by atoms with Crippen molar-refractivity contribution in [3.05, 3.63) is 16.0 Å². The quantitative estimate of drug-likeness (QED) is 0.562. The lowest BCUT2D eigenvalue weighted by molar-refractivity contribution is -0.294. The number of nitrogens with one attached hydrogen (secondary N) is 2. The van der Waals surface area contributed by atoms with Crippen LogP contribution in [0.25, 0.3) is 0 Å². The first-order valence-electron chi connectivity index (χ1n) is 7.88. The summed E-state index contributed by atoms with van der Waals surface area (Å²) in [4.78, 5) is 12.0. The standard InChI is InChI=1S/C15H15F6N3O2S/c1-2-26-12(25)24-13(14(16,17)18,15(19,20)21)23-11-9(7-22)8-5-3-4-6-10(8)27-11/h23H,2-6H2,1H3,(H,24,25). The number of hydrogen-bond acceptors (Lipinski definition) is 5. The fraction of sp³-hybridized carbons (Fsp3) is 0.600. The van der Waals surface area contributed by atoms with Crippen molar-refractivity contribution in [2.45, 2.75) is 50.6 Å². The van der Waals surface area contributed by atoms with Gasteiger partial charge in [-0.3, -0.25) is 5.32 Å². The molecule has 12 heteroatoms. The van der Waals surface area contributed by atoms with Crippen molar-refractivity contribution in [2.24, 2.45) is 0 Å². The highest BCUT2D eigenvalue weighted by Crippen LogP contribution is 2.47. The monoisotopic (exact) mass is 415 g/mol. The molecular weight excluding hydrogens is 400 g/mol. The second-order valence-electron chi connectivity index (χ2n) is 5.74. The molecule has 1 aromatic heterocycles. The average molecular weight is 415 g/mol. The summed E-state index contributed by atoms with van der Waals surface area (Å²) in [5, 5.41) is 10.9. The molecule has 0 aromatic carbocycles. The predicted molar refractivity (Wildman–Crippen MR) is 84.3 cm³/mol. The molecule has 5 nitrogen and oxygen atoms in total. The highest BCUT2D eigenvalue weighted by molar-refractivity contribution is 7.16. The number of ether oxygens (including phenoxy) is 1. The normalized spacial score (nSPS) is 14.9. The Morgan fingerprint density at radius 3 is 2.30 bits per heavy atom. The minimum atomic E-state index is -5.96. The molecule has 150 valence electrons. The molecule has 0 saturated carbocycles. The molecule has 1 aromatic rings. The van der Waals surface area contributed by atoms with Gasteiger partial charge in [-0.15, -0.1) is 11.3 Å². The van der Waals surface area contributed by atoms with Crippen molar-refractivity contribution >= 4 is 22.4 Å². The van der Waals surface area contributed by atoms with E-state index in [-0.39, 0.29) is 5.56 Å². The number of rotatable bonds is 4. The zero-order chi connectivity index (χ0) is 20.5. The maximum Gasteiger partial charge on any atom is 0.439 e. The van der Waals surface area contributed by atoms with Gasteiger partial charge in [-0.1, -0.05) is 0 Å². The molecule has 0 aliphatic heterocycles. The fourth-order valence-corrected chi connectivity index (χ4v) is 4.03. The lowest BCUT2D eigenvalue weighted by atomic mass is 9.96.